The first-order valence-corrected chi connectivity index (χ1v) is 9.46. The number of aryl methyl sites for hydroxylation is 1. The minimum Gasteiger partial charge on any atom is -0.356 e. The van der Waals surface area contributed by atoms with Crippen LogP contribution in [0.2, 0.25) is 0 Å². The average molecular weight is 492 g/mol. The van der Waals surface area contributed by atoms with Gasteiger partial charge in [-0.3, -0.25) is 9.79 Å². The van der Waals surface area contributed by atoms with Gasteiger partial charge in [-0.1, -0.05) is 36.4 Å². The molecule has 1 aliphatic carbocycles. The molecule has 0 spiro atoms. The summed E-state index contributed by atoms with van der Waals surface area (Å²) in [6.07, 6.45) is 1.97. The normalized spacial score (nSPS) is 18.0. The molecular weight excluding hydrogens is 463 g/mol. The fraction of sp³-hybridized carbons (Fsp3) is 0.364. The van der Waals surface area contributed by atoms with Gasteiger partial charge in [0, 0.05) is 38.2 Å². The highest BCUT2D eigenvalue weighted by atomic mass is 127. The Kier molecular flexibility index (Phi) is 8.29. The lowest BCUT2D eigenvalue weighted by molar-refractivity contribution is 0.0963. The van der Waals surface area contributed by atoms with E-state index in [1.54, 1.807) is 14.1 Å². The van der Waals surface area contributed by atoms with Crippen molar-refractivity contribution >= 4 is 35.8 Å². The van der Waals surface area contributed by atoms with Gasteiger partial charge in [-0.2, -0.15) is 0 Å². The number of benzene rings is 2. The molecule has 1 aliphatic rings. The lowest BCUT2D eigenvalue weighted by atomic mass is 10.0. The number of hydrogen-bond acceptors (Lipinski definition) is 2. The summed E-state index contributed by atoms with van der Waals surface area (Å²) in [7, 11) is 3.45. The van der Waals surface area contributed by atoms with Crippen LogP contribution in [0.15, 0.2) is 53.5 Å². The summed E-state index contributed by atoms with van der Waals surface area (Å²) in [6.45, 7) is 2.93. The molecule has 3 rings (SSSR count). The number of carbonyl (C=O) groups is 1. The van der Waals surface area contributed by atoms with E-state index in [4.69, 9.17) is 0 Å². The maximum Gasteiger partial charge on any atom is 0.251 e. The van der Waals surface area contributed by atoms with E-state index >= 15 is 0 Å². The molecule has 3 N–H and O–H groups in total. The Labute approximate surface area is 184 Å². The van der Waals surface area contributed by atoms with Gasteiger partial charge in [-0.15, -0.1) is 24.0 Å². The zero-order valence-corrected chi connectivity index (χ0v) is 19.0. The van der Waals surface area contributed by atoms with E-state index in [2.05, 4.69) is 52.1 Å². The SMILES string of the molecule is CN=C(NCCc1cccc(C(=O)NC)c1)NC1CC1c1ccccc1C.I. The molecule has 1 fully saturated rings. The molecule has 0 saturated heterocycles. The zero-order chi connectivity index (χ0) is 19.2. The smallest absolute Gasteiger partial charge is 0.251 e. The van der Waals surface area contributed by atoms with Crippen molar-refractivity contribution in [2.75, 3.05) is 20.6 Å². The van der Waals surface area contributed by atoms with Crippen LogP contribution in [0.25, 0.3) is 0 Å². The highest BCUT2D eigenvalue weighted by Crippen LogP contribution is 2.41. The fourth-order valence-corrected chi connectivity index (χ4v) is 3.41. The number of rotatable bonds is 6. The zero-order valence-electron chi connectivity index (χ0n) is 16.7. The number of nitrogens with one attached hydrogen (secondary N) is 3. The van der Waals surface area contributed by atoms with Gasteiger partial charge in [0.15, 0.2) is 5.96 Å². The van der Waals surface area contributed by atoms with Crippen LogP contribution < -0.4 is 16.0 Å². The third-order valence-corrected chi connectivity index (χ3v) is 5.05. The number of guanidine groups is 1. The molecule has 0 aliphatic heterocycles. The lowest BCUT2D eigenvalue weighted by Crippen LogP contribution is -2.40. The van der Waals surface area contributed by atoms with Gasteiger partial charge in [0.05, 0.1) is 0 Å². The van der Waals surface area contributed by atoms with Crippen molar-refractivity contribution in [2.45, 2.75) is 31.7 Å². The second-order valence-electron chi connectivity index (χ2n) is 6.98. The van der Waals surface area contributed by atoms with Crippen molar-refractivity contribution in [1.29, 1.82) is 0 Å². The van der Waals surface area contributed by atoms with Crippen molar-refractivity contribution in [3.63, 3.8) is 0 Å². The van der Waals surface area contributed by atoms with Gasteiger partial charge in [-0.25, -0.2) is 0 Å². The largest absolute Gasteiger partial charge is 0.356 e. The molecule has 6 heteroatoms. The summed E-state index contributed by atoms with van der Waals surface area (Å²) in [6, 6.07) is 16.8. The van der Waals surface area contributed by atoms with E-state index in [-0.39, 0.29) is 29.9 Å². The monoisotopic (exact) mass is 492 g/mol. The van der Waals surface area contributed by atoms with Crippen LogP contribution in [-0.4, -0.2) is 38.5 Å². The molecule has 0 bridgehead atoms. The number of amides is 1. The summed E-state index contributed by atoms with van der Waals surface area (Å²) in [4.78, 5) is 16.1. The van der Waals surface area contributed by atoms with E-state index in [0.29, 0.717) is 17.5 Å². The second kappa shape index (κ2) is 10.5. The molecule has 2 atom stereocenters. The van der Waals surface area contributed by atoms with E-state index in [1.165, 1.54) is 11.1 Å². The van der Waals surface area contributed by atoms with Gasteiger partial charge < -0.3 is 16.0 Å². The summed E-state index contributed by atoms with van der Waals surface area (Å²) < 4.78 is 0. The first-order valence-electron chi connectivity index (χ1n) is 9.46. The minimum absolute atomic E-state index is 0. The average Bonchev–Trinajstić information content (AvgIpc) is 3.46. The molecule has 2 unspecified atom stereocenters. The molecule has 28 heavy (non-hydrogen) atoms. The fourth-order valence-electron chi connectivity index (χ4n) is 3.41. The van der Waals surface area contributed by atoms with Gasteiger partial charge >= 0.3 is 0 Å². The highest BCUT2D eigenvalue weighted by Gasteiger charge is 2.39. The van der Waals surface area contributed by atoms with Crippen LogP contribution in [-0.2, 0) is 6.42 Å². The van der Waals surface area contributed by atoms with Gasteiger partial charge in [0.1, 0.15) is 0 Å². The molecule has 150 valence electrons. The Morgan fingerprint density at radius 2 is 1.96 bits per heavy atom. The Morgan fingerprint density at radius 1 is 1.18 bits per heavy atom. The Bertz CT molecular complexity index is 837. The van der Waals surface area contributed by atoms with Gasteiger partial charge in [0.25, 0.3) is 5.91 Å². The summed E-state index contributed by atoms with van der Waals surface area (Å²) in [5.74, 6) is 1.34. The van der Waals surface area contributed by atoms with E-state index in [9.17, 15) is 4.79 Å². The number of hydrogen-bond donors (Lipinski definition) is 3. The van der Waals surface area contributed by atoms with Gasteiger partial charge in [-0.05, 0) is 48.6 Å². The van der Waals surface area contributed by atoms with Crippen molar-refractivity contribution in [3.8, 4) is 0 Å². The Hall–Kier alpha value is -2.09. The molecule has 0 heterocycles. The molecule has 1 saturated carbocycles. The highest BCUT2D eigenvalue weighted by molar-refractivity contribution is 14.0. The van der Waals surface area contributed by atoms with Crippen LogP contribution in [0.3, 0.4) is 0 Å². The third kappa shape index (κ3) is 5.70. The van der Waals surface area contributed by atoms with Crippen molar-refractivity contribution in [2.24, 2.45) is 4.99 Å². The first kappa shape index (κ1) is 22.2. The number of halogens is 1. The van der Waals surface area contributed by atoms with E-state index < -0.39 is 0 Å². The predicted molar refractivity (Wildman–Crippen MR) is 126 cm³/mol. The standard InChI is InChI=1S/C22H28N4O.HI/c1-15-7-4-5-10-18(15)19-14-20(19)26-22(24-3)25-12-11-16-8-6-9-17(13-16)21(27)23-2;/h4-10,13,19-20H,11-12,14H2,1-3H3,(H,23,27)(H2,24,25,26);1H. The number of carbonyl (C=O) groups excluding carboxylic acids is 1. The minimum atomic E-state index is -0.0572. The number of nitrogens with zero attached hydrogens (tertiary/aromatic N) is 1. The molecule has 2 aromatic rings. The quantitative estimate of drug-likeness (QED) is 0.330. The van der Waals surface area contributed by atoms with Crippen LogP contribution in [0.1, 0.15) is 39.4 Å². The van der Waals surface area contributed by atoms with Crippen LogP contribution in [0, 0.1) is 6.92 Å². The van der Waals surface area contributed by atoms with E-state index in [1.807, 2.05) is 24.3 Å². The van der Waals surface area contributed by atoms with Crippen molar-refractivity contribution in [3.05, 3.63) is 70.8 Å². The Balaban J connectivity index is 0.00000280. The molecule has 0 aromatic heterocycles. The molecule has 0 radical (unpaired) electrons. The second-order valence-corrected chi connectivity index (χ2v) is 6.98. The topological polar surface area (TPSA) is 65.5 Å². The van der Waals surface area contributed by atoms with Crippen LogP contribution >= 0.6 is 24.0 Å². The lowest BCUT2D eigenvalue weighted by Gasteiger charge is -2.13. The Morgan fingerprint density at radius 3 is 2.68 bits per heavy atom. The molecule has 1 amide bonds. The van der Waals surface area contributed by atoms with Crippen molar-refractivity contribution in [1.82, 2.24) is 16.0 Å². The predicted octanol–water partition coefficient (Wildman–Crippen LogP) is 3.24. The van der Waals surface area contributed by atoms with Crippen molar-refractivity contribution < 1.29 is 4.79 Å². The summed E-state index contributed by atoms with van der Waals surface area (Å²) >= 11 is 0. The molecule has 5 nitrogen and oxygen atoms in total. The maximum atomic E-state index is 11.7. The first-order chi connectivity index (χ1) is 13.1. The summed E-state index contributed by atoms with van der Waals surface area (Å²) in [5, 5.41) is 9.55. The van der Waals surface area contributed by atoms with Crippen LogP contribution in [0.5, 0.6) is 0 Å². The maximum absolute atomic E-state index is 11.7. The summed E-state index contributed by atoms with van der Waals surface area (Å²) in [5.41, 5.74) is 4.60. The molecular formula is C22H29IN4O. The van der Waals surface area contributed by atoms with Gasteiger partial charge in [0.2, 0.25) is 0 Å². The number of aliphatic imine (C=N–C) groups is 1. The van der Waals surface area contributed by atoms with Crippen LogP contribution in [0.4, 0.5) is 0 Å². The molecule has 2 aromatic carbocycles. The third-order valence-electron chi connectivity index (χ3n) is 5.05. The van der Waals surface area contributed by atoms with E-state index in [0.717, 1.165) is 30.9 Å².